The number of rotatable bonds is 6. The zero-order valence-electron chi connectivity index (χ0n) is 7.25. The molecule has 1 amide bonds. The minimum Gasteiger partial charge on any atom is -0.369 e. The van der Waals surface area contributed by atoms with Crippen LogP contribution in [0.25, 0.3) is 0 Å². The van der Waals surface area contributed by atoms with Gasteiger partial charge < -0.3 is 5.73 Å². The number of hydrogen-bond acceptors (Lipinski definition) is 3. The van der Waals surface area contributed by atoms with Crippen molar-refractivity contribution in [3.63, 3.8) is 0 Å². The first-order chi connectivity index (χ1) is 5.48. The first kappa shape index (κ1) is 11.4. The monoisotopic (exact) mass is 193 g/mol. The highest BCUT2D eigenvalue weighted by atomic mass is 32.2. The summed E-state index contributed by atoms with van der Waals surface area (Å²) < 4.78 is 22.0. The lowest BCUT2D eigenvalue weighted by Crippen LogP contribution is -2.24. The summed E-state index contributed by atoms with van der Waals surface area (Å²) in [7, 11) is -3.23. The van der Waals surface area contributed by atoms with Crippen LogP contribution in [-0.2, 0) is 14.6 Å². The van der Waals surface area contributed by atoms with Crippen LogP contribution in [0.4, 0.5) is 0 Å². The second kappa shape index (κ2) is 5.13. The van der Waals surface area contributed by atoms with E-state index in [1.54, 1.807) is 0 Å². The van der Waals surface area contributed by atoms with Crippen LogP contribution in [0.15, 0.2) is 0 Å². The lowest BCUT2D eigenvalue weighted by atomic mass is 10.3. The molecule has 0 spiro atoms. The molecule has 0 atom stereocenters. The third-order valence-electron chi connectivity index (χ3n) is 1.42. The van der Waals surface area contributed by atoms with E-state index < -0.39 is 21.5 Å². The van der Waals surface area contributed by atoms with Crippen LogP contribution in [0.2, 0.25) is 0 Å². The largest absolute Gasteiger partial charge is 0.369 e. The predicted octanol–water partition coefficient (Wildman–Crippen LogP) is 0.0767. The van der Waals surface area contributed by atoms with Crippen molar-refractivity contribution >= 4 is 15.7 Å². The Labute approximate surface area is 73.1 Å². The molecule has 4 nitrogen and oxygen atoms in total. The van der Waals surface area contributed by atoms with E-state index in [0.717, 1.165) is 12.8 Å². The minimum atomic E-state index is -3.23. The maximum Gasteiger partial charge on any atom is 0.232 e. The zero-order valence-corrected chi connectivity index (χ0v) is 8.06. The molecular formula is C7H15NO3S. The molecule has 0 rings (SSSR count). The van der Waals surface area contributed by atoms with E-state index in [1.807, 2.05) is 6.92 Å². The maximum absolute atomic E-state index is 11.0. The van der Waals surface area contributed by atoms with E-state index in [0.29, 0.717) is 6.42 Å². The van der Waals surface area contributed by atoms with Gasteiger partial charge in [0.15, 0.2) is 9.84 Å². The lowest BCUT2D eigenvalue weighted by Gasteiger charge is -1.99. The molecule has 5 heteroatoms. The molecule has 0 aromatic rings. The van der Waals surface area contributed by atoms with Gasteiger partial charge in [-0.25, -0.2) is 8.42 Å². The highest BCUT2D eigenvalue weighted by Crippen LogP contribution is 1.99. The maximum atomic E-state index is 11.0. The molecule has 72 valence electrons. The first-order valence-corrected chi connectivity index (χ1v) is 5.79. The molecule has 0 fully saturated rings. The quantitative estimate of drug-likeness (QED) is 0.607. The van der Waals surface area contributed by atoms with E-state index in [9.17, 15) is 13.2 Å². The summed E-state index contributed by atoms with van der Waals surface area (Å²) in [4.78, 5) is 10.3. The van der Waals surface area contributed by atoms with Crippen molar-refractivity contribution < 1.29 is 13.2 Å². The Morgan fingerprint density at radius 3 is 2.33 bits per heavy atom. The third-order valence-corrected chi connectivity index (χ3v) is 3.06. The van der Waals surface area contributed by atoms with Crippen LogP contribution >= 0.6 is 0 Å². The van der Waals surface area contributed by atoms with Crippen LogP contribution in [0, 0.1) is 0 Å². The molecule has 0 aromatic carbocycles. The molecule has 0 aliphatic rings. The number of amides is 1. The Morgan fingerprint density at radius 2 is 1.92 bits per heavy atom. The van der Waals surface area contributed by atoms with Gasteiger partial charge in [-0.3, -0.25) is 4.79 Å². The Bertz CT molecular complexity index is 233. The van der Waals surface area contributed by atoms with E-state index in [4.69, 9.17) is 5.73 Å². The first-order valence-electron chi connectivity index (χ1n) is 3.96. The van der Waals surface area contributed by atoms with Gasteiger partial charge in [0.05, 0.1) is 5.75 Å². The average Bonchev–Trinajstić information content (AvgIpc) is 1.84. The summed E-state index contributed by atoms with van der Waals surface area (Å²) in [6, 6.07) is 0. The molecule has 0 aliphatic carbocycles. The van der Waals surface area contributed by atoms with Crippen molar-refractivity contribution in [2.24, 2.45) is 5.73 Å². The fourth-order valence-electron chi connectivity index (χ4n) is 0.861. The van der Waals surface area contributed by atoms with Gasteiger partial charge in [0.2, 0.25) is 5.91 Å². The molecule has 0 bridgehead atoms. The SMILES string of the molecule is CCCCCS(=O)(=O)CC(N)=O. The second-order valence-corrected chi connectivity index (χ2v) is 4.95. The summed E-state index contributed by atoms with van der Waals surface area (Å²) in [6.07, 6.45) is 2.45. The zero-order chi connectivity index (χ0) is 9.61. The van der Waals surface area contributed by atoms with Crippen LogP contribution in [0.5, 0.6) is 0 Å². The highest BCUT2D eigenvalue weighted by molar-refractivity contribution is 7.92. The minimum absolute atomic E-state index is 0.0732. The molecule has 2 N–H and O–H groups in total. The number of hydrogen-bond donors (Lipinski definition) is 1. The number of carbonyl (C=O) groups excluding carboxylic acids is 1. The smallest absolute Gasteiger partial charge is 0.232 e. The molecule has 0 unspecified atom stereocenters. The molecule has 0 heterocycles. The number of carbonyl (C=O) groups is 1. The van der Waals surface area contributed by atoms with Crippen LogP contribution < -0.4 is 5.73 Å². The lowest BCUT2D eigenvalue weighted by molar-refractivity contribution is -0.115. The van der Waals surface area contributed by atoms with E-state index in [-0.39, 0.29) is 5.75 Å². The fourth-order valence-corrected chi connectivity index (χ4v) is 2.08. The van der Waals surface area contributed by atoms with Crippen molar-refractivity contribution in [3.8, 4) is 0 Å². The highest BCUT2D eigenvalue weighted by Gasteiger charge is 2.12. The third kappa shape index (κ3) is 6.15. The van der Waals surface area contributed by atoms with Gasteiger partial charge >= 0.3 is 0 Å². The van der Waals surface area contributed by atoms with Gasteiger partial charge in [0.1, 0.15) is 5.75 Å². The summed E-state index contributed by atoms with van der Waals surface area (Å²) in [6.45, 7) is 1.99. The topological polar surface area (TPSA) is 77.2 Å². The standard InChI is InChI=1S/C7H15NO3S/c1-2-3-4-5-12(10,11)6-7(8)9/h2-6H2,1H3,(H2,8,9). The van der Waals surface area contributed by atoms with Crippen LogP contribution in [-0.4, -0.2) is 25.8 Å². The number of sulfone groups is 1. The Hall–Kier alpha value is -0.580. The normalized spacial score (nSPS) is 11.4. The van der Waals surface area contributed by atoms with Crippen molar-refractivity contribution in [2.75, 3.05) is 11.5 Å². The molecule has 12 heavy (non-hydrogen) atoms. The van der Waals surface area contributed by atoms with E-state index in [2.05, 4.69) is 0 Å². The molecule has 0 aliphatic heterocycles. The van der Waals surface area contributed by atoms with Crippen LogP contribution in [0.1, 0.15) is 26.2 Å². The predicted molar refractivity (Wildman–Crippen MR) is 47.4 cm³/mol. The molecule has 0 saturated heterocycles. The van der Waals surface area contributed by atoms with Gasteiger partial charge in [-0.1, -0.05) is 19.8 Å². The van der Waals surface area contributed by atoms with Gasteiger partial charge in [-0.2, -0.15) is 0 Å². The Balaban J connectivity index is 3.81. The van der Waals surface area contributed by atoms with Gasteiger partial charge in [0, 0.05) is 0 Å². The van der Waals surface area contributed by atoms with Gasteiger partial charge in [-0.15, -0.1) is 0 Å². The van der Waals surface area contributed by atoms with Crippen molar-refractivity contribution in [3.05, 3.63) is 0 Å². The van der Waals surface area contributed by atoms with Gasteiger partial charge in [0.25, 0.3) is 0 Å². The summed E-state index contributed by atoms with van der Waals surface area (Å²) in [5, 5.41) is 0. The van der Waals surface area contributed by atoms with E-state index >= 15 is 0 Å². The number of nitrogens with two attached hydrogens (primary N) is 1. The summed E-state index contributed by atoms with van der Waals surface area (Å²) in [5.74, 6) is -1.22. The second-order valence-electron chi connectivity index (χ2n) is 2.77. The van der Waals surface area contributed by atoms with E-state index in [1.165, 1.54) is 0 Å². The molecule has 0 saturated carbocycles. The molecular weight excluding hydrogens is 178 g/mol. The van der Waals surface area contributed by atoms with Crippen molar-refractivity contribution in [1.29, 1.82) is 0 Å². The number of unbranched alkanes of at least 4 members (excludes halogenated alkanes) is 2. The number of primary amides is 1. The fraction of sp³-hybridized carbons (Fsp3) is 0.857. The van der Waals surface area contributed by atoms with Crippen LogP contribution in [0.3, 0.4) is 0 Å². The Kier molecular flexibility index (Phi) is 4.89. The summed E-state index contributed by atoms with van der Waals surface area (Å²) in [5.41, 5.74) is 4.76. The Morgan fingerprint density at radius 1 is 1.33 bits per heavy atom. The summed E-state index contributed by atoms with van der Waals surface area (Å²) >= 11 is 0. The van der Waals surface area contributed by atoms with Gasteiger partial charge in [-0.05, 0) is 6.42 Å². The molecule has 0 aromatic heterocycles. The van der Waals surface area contributed by atoms with Crippen molar-refractivity contribution in [1.82, 2.24) is 0 Å². The van der Waals surface area contributed by atoms with Crippen molar-refractivity contribution in [2.45, 2.75) is 26.2 Å². The molecule has 0 radical (unpaired) electrons. The average molecular weight is 193 g/mol.